The van der Waals surface area contributed by atoms with Crippen molar-refractivity contribution >= 4 is 30.7 Å². The molecule has 3 rings (SSSR count). The summed E-state index contributed by atoms with van der Waals surface area (Å²) < 4.78 is 31.9. The molecule has 2 aliphatic heterocycles. The highest BCUT2D eigenvalue weighted by Crippen LogP contribution is 2.25. The van der Waals surface area contributed by atoms with Crippen LogP contribution >= 0.6 is 24.8 Å². The van der Waals surface area contributed by atoms with Gasteiger partial charge >= 0.3 is 0 Å². The largest absolute Gasteiger partial charge is 0.374 e. The lowest BCUT2D eigenvalue weighted by atomic mass is 10.1. The highest BCUT2D eigenvalue weighted by atomic mass is 35.5. The Labute approximate surface area is 164 Å². The van der Waals surface area contributed by atoms with E-state index in [-0.39, 0.29) is 36.8 Å². The minimum absolute atomic E-state index is 0. The van der Waals surface area contributed by atoms with Crippen LogP contribution in [0.5, 0.6) is 0 Å². The minimum Gasteiger partial charge on any atom is -0.374 e. The molecule has 2 unspecified atom stereocenters. The predicted molar refractivity (Wildman–Crippen MR) is 100 cm³/mol. The number of hydrogen-bond acceptors (Lipinski definition) is 4. The number of ether oxygens (including phenoxy) is 1. The zero-order chi connectivity index (χ0) is 17.0. The van der Waals surface area contributed by atoms with Gasteiger partial charge < -0.3 is 10.1 Å². The summed E-state index contributed by atoms with van der Waals surface area (Å²) in [6.45, 7) is 2.90. The Morgan fingerprint density at radius 1 is 1.31 bits per heavy atom. The summed E-state index contributed by atoms with van der Waals surface area (Å²) in [4.78, 5) is 14.2. The van der Waals surface area contributed by atoms with E-state index in [4.69, 9.17) is 4.74 Å². The first-order valence-corrected chi connectivity index (χ1v) is 8.29. The van der Waals surface area contributed by atoms with Crippen molar-refractivity contribution in [3.63, 3.8) is 0 Å². The molecule has 0 aromatic heterocycles. The van der Waals surface area contributed by atoms with E-state index in [9.17, 15) is 13.6 Å². The molecule has 2 heterocycles. The van der Waals surface area contributed by atoms with E-state index in [1.807, 2.05) is 18.2 Å². The van der Waals surface area contributed by atoms with Gasteiger partial charge in [0.05, 0.1) is 25.3 Å². The summed E-state index contributed by atoms with van der Waals surface area (Å²) in [5.74, 6) is -3.17. The molecule has 0 spiro atoms. The molecule has 2 atom stereocenters. The number of amides is 1. The first-order valence-electron chi connectivity index (χ1n) is 8.29. The molecule has 148 valence electrons. The number of hydrogen-bond donors (Lipinski definition) is 2. The summed E-state index contributed by atoms with van der Waals surface area (Å²) in [6.07, 6.45) is -0.557. The van der Waals surface area contributed by atoms with Crippen LogP contribution < -0.4 is 10.6 Å². The van der Waals surface area contributed by atoms with Crippen LogP contribution in [0.3, 0.4) is 0 Å². The molecule has 2 fully saturated rings. The van der Waals surface area contributed by atoms with Gasteiger partial charge in [0, 0.05) is 32.6 Å². The Kier molecular flexibility index (Phi) is 9.19. The molecule has 2 aliphatic rings. The molecular formula is C17H25Cl2F2N3O2. The fourth-order valence-electron chi connectivity index (χ4n) is 3.13. The molecule has 1 aromatic carbocycles. The van der Waals surface area contributed by atoms with Gasteiger partial charge in [-0.25, -0.2) is 8.78 Å². The summed E-state index contributed by atoms with van der Waals surface area (Å²) >= 11 is 0. The van der Waals surface area contributed by atoms with Crippen LogP contribution in [0.25, 0.3) is 0 Å². The van der Waals surface area contributed by atoms with Crippen LogP contribution in [-0.2, 0) is 16.1 Å². The summed E-state index contributed by atoms with van der Waals surface area (Å²) in [5, 5.41) is 5.29. The third-order valence-corrected chi connectivity index (χ3v) is 4.40. The maximum absolute atomic E-state index is 13.1. The van der Waals surface area contributed by atoms with E-state index < -0.39 is 24.9 Å². The topological polar surface area (TPSA) is 53.6 Å². The number of nitrogens with one attached hydrogen (secondary N) is 2. The first-order chi connectivity index (χ1) is 11.5. The van der Waals surface area contributed by atoms with Gasteiger partial charge in [-0.2, -0.15) is 0 Å². The molecule has 26 heavy (non-hydrogen) atoms. The lowest BCUT2D eigenvalue weighted by Gasteiger charge is -2.33. The second kappa shape index (κ2) is 10.4. The van der Waals surface area contributed by atoms with E-state index in [2.05, 4.69) is 27.7 Å². The molecule has 2 N–H and O–H groups in total. The Morgan fingerprint density at radius 3 is 2.69 bits per heavy atom. The zero-order valence-electron chi connectivity index (χ0n) is 14.3. The number of nitrogens with zero attached hydrogens (tertiary/aromatic N) is 1. The molecular weight excluding hydrogens is 387 g/mol. The van der Waals surface area contributed by atoms with Crippen molar-refractivity contribution in [2.45, 2.75) is 31.0 Å². The SMILES string of the molecule is Cl.Cl.O=C(NCC1CN(Cc2ccccc2)CCO1)C1CC(F)(F)CN1. The Morgan fingerprint density at radius 2 is 2.04 bits per heavy atom. The Hall–Kier alpha value is -0.990. The number of benzene rings is 1. The zero-order valence-corrected chi connectivity index (χ0v) is 16.0. The fraction of sp³-hybridized carbons (Fsp3) is 0.588. The third kappa shape index (κ3) is 6.63. The normalized spacial score (nSPS) is 25.0. The van der Waals surface area contributed by atoms with Crippen molar-refractivity contribution in [1.29, 1.82) is 0 Å². The first kappa shape index (κ1) is 23.0. The number of morpholine rings is 1. The van der Waals surface area contributed by atoms with Gasteiger partial charge in [-0.15, -0.1) is 24.8 Å². The van der Waals surface area contributed by atoms with Crippen LogP contribution in [0.4, 0.5) is 8.78 Å². The average molecular weight is 412 g/mol. The maximum atomic E-state index is 13.1. The van der Waals surface area contributed by atoms with Gasteiger partial charge in [0.1, 0.15) is 0 Å². The molecule has 1 aromatic rings. The van der Waals surface area contributed by atoms with Crippen molar-refractivity contribution in [1.82, 2.24) is 15.5 Å². The second-order valence-corrected chi connectivity index (χ2v) is 6.45. The van der Waals surface area contributed by atoms with Crippen molar-refractivity contribution in [3.8, 4) is 0 Å². The maximum Gasteiger partial charge on any atom is 0.262 e. The van der Waals surface area contributed by atoms with Gasteiger partial charge in [-0.1, -0.05) is 30.3 Å². The third-order valence-electron chi connectivity index (χ3n) is 4.40. The van der Waals surface area contributed by atoms with Gasteiger partial charge in [-0.3, -0.25) is 15.0 Å². The molecule has 1 amide bonds. The van der Waals surface area contributed by atoms with Gasteiger partial charge in [-0.05, 0) is 5.56 Å². The quantitative estimate of drug-likeness (QED) is 0.775. The highest BCUT2D eigenvalue weighted by molar-refractivity contribution is 5.85. The summed E-state index contributed by atoms with van der Waals surface area (Å²) in [7, 11) is 0. The van der Waals surface area contributed by atoms with E-state index in [1.54, 1.807) is 0 Å². The Balaban J connectivity index is 0.00000169. The van der Waals surface area contributed by atoms with Crippen LogP contribution in [0, 0.1) is 0 Å². The number of alkyl halides is 2. The molecule has 9 heteroatoms. The molecule has 0 radical (unpaired) electrons. The van der Waals surface area contributed by atoms with E-state index >= 15 is 0 Å². The lowest BCUT2D eigenvalue weighted by Crippen LogP contribution is -2.49. The summed E-state index contributed by atoms with van der Waals surface area (Å²) in [6, 6.07) is 9.36. The van der Waals surface area contributed by atoms with Crippen LogP contribution in [0.1, 0.15) is 12.0 Å². The fourth-order valence-corrected chi connectivity index (χ4v) is 3.13. The van der Waals surface area contributed by atoms with Crippen molar-refractivity contribution in [2.75, 3.05) is 32.8 Å². The van der Waals surface area contributed by atoms with Gasteiger partial charge in [0.15, 0.2) is 0 Å². The molecule has 2 saturated heterocycles. The van der Waals surface area contributed by atoms with E-state index in [1.165, 1.54) is 5.56 Å². The van der Waals surface area contributed by atoms with Gasteiger partial charge in [0.2, 0.25) is 5.91 Å². The number of halogens is 4. The molecule has 0 bridgehead atoms. The lowest BCUT2D eigenvalue weighted by molar-refractivity contribution is -0.124. The predicted octanol–water partition coefficient (Wildman–Crippen LogP) is 1.84. The molecule has 5 nitrogen and oxygen atoms in total. The van der Waals surface area contributed by atoms with E-state index in [0.29, 0.717) is 19.7 Å². The molecule has 0 saturated carbocycles. The van der Waals surface area contributed by atoms with E-state index in [0.717, 1.165) is 13.1 Å². The Bertz CT molecular complexity index is 566. The van der Waals surface area contributed by atoms with Crippen LogP contribution in [0.15, 0.2) is 30.3 Å². The monoisotopic (exact) mass is 411 g/mol. The average Bonchev–Trinajstić information content (AvgIpc) is 2.94. The second-order valence-electron chi connectivity index (χ2n) is 6.45. The van der Waals surface area contributed by atoms with Crippen molar-refractivity contribution in [3.05, 3.63) is 35.9 Å². The number of carbonyl (C=O) groups is 1. The minimum atomic E-state index is -2.80. The van der Waals surface area contributed by atoms with Crippen molar-refractivity contribution < 1.29 is 18.3 Å². The standard InChI is InChI=1S/C17H23F2N3O2.2ClH/c18-17(19)8-15(21-12-17)16(23)20-9-14-11-22(6-7-24-14)10-13-4-2-1-3-5-13;;/h1-5,14-15,21H,6-12H2,(H,20,23);2*1H. The summed E-state index contributed by atoms with van der Waals surface area (Å²) in [5.41, 5.74) is 1.24. The molecule has 0 aliphatic carbocycles. The van der Waals surface area contributed by atoms with Crippen LogP contribution in [0.2, 0.25) is 0 Å². The van der Waals surface area contributed by atoms with Crippen LogP contribution in [-0.4, -0.2) is 61.7 Å². The highest BCUT2D eigenvalue weighted by Gasteiger charge is 2.42. The van der Waals surface area contributed by atoms with Gasteiger partial charge in [0.25, 0.3) is 5.92 Å². The number of carbonyl (C=O) groups excluding carboxylic acids is 1. The smallest absolute Gasteiger partial charge is 0.262 e. The number of rotatable bonds is 5. The van der Waals surface area contributed by atoms with Crippen molar-refractivity contribution in [2.24, 2.45) is 0 Å².